The molecule has 1 aromatic heterocycles. The average Bonchev–Trinajstić information content (AvgIpc) is 2.50. The fourth-order valence-electron chi connectivity index (χ4n) is 3.03. The first-order chi connectivity index (χ1) is 9.19. The SMILES string of the molecule is CC1CN(C)CC(CCO)N(Cc2cccnc2)C1. The van der Waals surface area contributed by atoms with Crippen LogP contribution < -0.4 is 0 Å². The summed E-state index contributed by atoms with van der Waals surface area (Å²) in [5, 5.41) is 9.29. The van der Waals surface area contributed by atoms with Gasteiger partial charge in [-0.05, 0) is 31.0 Å². The molecule has 1 aliphatic rings. The van der Waals surface area contributed by atoms with Crippen molar-refractivity contribution in [3.63, 3.8) is 0 Å². The lowest BCUT2D eigenvalue weighted by Gasteiger charge is -2.31. The second-order valence-corrected chi connectivity index (χ2v) is 5.78. The van der Waals surface area contributed by atoms with Crippen molar-refractivity contribution in [1.29, 1.82) is 0 Å². The van der Waals surface area contributed by atoms with E-state index in [4.69, 9.17) is 0 Å². The van der Waals surface area contributed by atoms with Gasteiger partial charge in [0.25, 0.3) is 0 Å². The van der Waals surface area contributed by atoms with Crippen LogP contribution in [0.2, 0.25) is 0 Å². The molecular formula is C15H25N3O. The molecule has 2 heterocycles. The van der Waals surface area contributed by atoms with E-state index in [1.807, 2.05) is 18.5 Å². The molecule has 2 rings (SSSR count). The third kappa shape index (κ3) is 4.27. The first kappa shape index (κ1) is 14.4. The van der Waals surface area contributed by atoms with E-state index < -0.39 is 0 Å². The van der Waals surface area contributed by atoms with Crippen LogP contribution in [0.3, 0.4) is 0 Å². The van der Waals surface area contributed by atoms with Gasteiger partial charge in [0, 0.05) is 51.2 Å². The predicted octanol–water partition coefficient (Wildman–Crippen LogP) is 1.22. The average molecular weight is 263 g/mol. The third-order valence-corrected chi connectivity index (χ3v) is 3.78. The zero-order valence-electron chi connectivity index (χ0n) is 12.0. The lowest BCUT2D eigenvalue weighted by Crippen LogP contribution is -2.40. The Labute approximate surface area is 116 Å². The van der Waals surface area contributed by atoms with Gasteiger partial charge in [0.15, 0.2) is 0 Å². The van der Waals surface area contributed by atoms with Crippen LogP contribution in [0.25, 0.3) is 0 Å². The van der Waals surface area contributed by atoms with E-state index >= 15 is 0 Å². The minimum atomic E-state index is 0.260. The largest absolute Gasteiger partial charge is 0.396 e. The molecule has 0 aromatic carbocycles. The Morgan fingerprint density at radius 3 is 2.89 bits per heavy atom. The Morgan fingerprint density at radius 2 is 2.21 bits per heavy atom. The molecule has 0 amide bonds. The summed E-state index contributed by atoms with van der Waals surface area (Å²) < 4.78 is 0. The van der Waals surface area contributed by atoms with Gasteiger partial charge in [-0.3, -0.25) is 9.88 Å². The van der Waals surface area contributed by atoms with Crippen LogP contribution in [0.5, 0.6) is 0 Å². The summed E-state index contributed by atoms with van der Waals surface area (Å²) in [4.78, 5) is 9.08. The Hall–Kier alpha value is -0.970. The van der Waals surface area contributed by atoms with Crippen LogP contribution in [-0.4, -0.2) is 59.2 Å². The van der Waals surface area contributed by atoms with Crippen molar-refractivity contribution in [2.75, 3.05) is 33.3 Å². The van der Waals surface area contributed by atoms with Crippen molar-refractivity contribution in [2.45, 2.75) is 25.9 Å². The van der Waals surface area contributed by atoms with Gasteiger partial charge in [-0.2, -0.15) is 0 Å². The summed E-state index contributed by atoms with van der Waals surface area (Å²) in [5.74, 6) is 0.658. The second-order valence-electron chi connectivity index (χ2n) is 5.78. The highest BCUT2D eigenvalue weighted by atomic mass is 16.3. The standard InChI is InChI=1S/C15H25N3O/c1-13-9-17(2)12-15(5-7-19)18(10-13)11-14-4-3-6-16-8-14/h3-4,6,8,13,15,19H,5,7,9-12H2,1-2H3. The lowest BCUT2D eigenvalue weighted by atomic mass is 10.1. The number of hydrogen-bond acceptors (Lipinski definition) is 4. The summed E-state index contributed by atoms with van der Waals surface area (Å²) in [6.07, 6.45) is 4.60. The zero-order chi connectivity index (χ0) is 13.7. The molecule has 0 radical (unpaired) electrons. The van der Waals surface area contributed by atoms with E-state index in [0.717, 1.165) is 32.6 Å². The van der Waals surface area contributed by atoms with Gasteiger partial charge in [0.2, 0.25) is 0 Å². The number of pyridine rings is 1. The Morgan fingerprint density at radius 1 is 1.37 bits per heavy atom. The summed E-state index contributed by atoms with van der Waals surface area (Å²) in [7, 11) is 2.18. The van der Waals surface area contributed by atoms with Crippen molar-refractivity contribution in [3.8, 4) is 0 Å². The maximum atomic E-state index is 9.29. The van der Waals surface area contributed by atoms with E-state index in [1.165, 1.54) is 5.56 Å². The van der Waals surface area contributed by atoms with Crippen molar-refractivity contribution >= 4 is 0 Å². The summed E-state index contributed by atoms with van der Waals surface area (Å²) in [6.45, 7) is 6.74. The molecule has 19 heavy (non-hydrogen) atoms. The zero-order valence-corrected chi connectivity index (χ0v) is 12.0. The Bertz CT molecular complexity index is 371. The summed E-state index contributed by atoms with van der Waals surface area (Å²) in [5.41, 5.74) is 1.25. The van der Waals surface area contributed by atoms with E-state index in [1.54, 1.807) is 0 Å². The first-order valence-corrected chi connectivity index (χ1v) is 7.11. The molecule has 1 aromatic rings. The topological polar surface area (TPSA) is 39.6 Å². The van der Waals surface area contributed by atoms with Crippen LogP contribution >= 0.6 is 0 Å². The molecule has 0 bridgehead atoms. The van der Waals surface area contributed by atoms with Gasteiger partial charge in [0.05, 0.1) is 0 Å². The van der Waals surface area contributed by atoms with Gasteiger partial charge in [-0.1, -0.05) is 13.0 Å². The van der Waals surface area contributed by atoms with Crippen LogP contribution in [0, 0.1) is 5.92 Å². The van der Waals surface area contributed by atoms with Crippen molar-refractivity contribution in [2.24, 2.45) is 5.92 Å². The van der Waals surface area contributed by atoms with E-state index in [-0.39, 0.29) is 6.61 Å². The number of rotatable bonds is 4. The van der Waals surface area contributed by atoms with Crippen LogP contribution in [-0.2, 0) is 6.54 Å². The number of nitrogens with zero attached hydrogens (tertiary/aromatic N) is 3. The van der Waals surface area contributed by atoms with Crippen LogP contribution in [0.15, 0.2) is 24.5 Å². The summed E-state index contributed by atoms with van der Waals surface area (Å²) >= 11 is 0. The molecule has 2 unspecified atom stereocenters. The number of aliphatic hydroxyl groups excluding tert-OH is 1. The number of aliphatic hydroxyl groups is 1. The molecule has 0 aliphatic carbocycles. The fraction of sp³-hybridized carbons (Fsp3) is 0.667. The maximum absolute atomic E-state index is 9.29. The lowest BCUT2D eigenvalue weighted by molar-refractivity contribution is 0.139. The van der Waals surface area contributed by atoms with Gasteiger partial charge in [0.1, 0.15) is 0 Å². The highest BCUT2D eigenvalue weighted by molar-refractivity contribution is 5.08. The van der Waals surface area contributed by atoms with Crippen molar-refractivity contribution in [3.05, 3.63) is 30.1 Å². The number of hydrogen-bond donors (Lipinski definition) is 1. The predicted molar refractivity (Wildman–Crippen MR) is 76.8 cm³/mol. The van der Waals surface area contributed by atoms with Crippen molar-refractivity contribution in [1.82, 2.24) is 14.8 Å². The van der Waals surface area contributed by atoms with Crippen LogP contribution in [0.4, 0.5) is 0 Å². The quantitative estimate of drug-likeness (QED) is 0.886. The number of aromatic nitrogens is 1. The maximum Gasteiger partial charge on any atom is 0.0446 e. The van der Waals surface area contributed by atoms with E-state index in [0.29, 0.717) is 12.0 Å². The smallest absolute Gasteiger partial charge is 0.0446 e. The molecule has 4 nitrogen and oxygen atoms in total. The van der Waals surface area contributed by atoms with Crippen LogP contribution in [0.1, 0.15) is 18.9 Å². The minimum Gasteiger partial charge on any atom is -0.396 e. The molecule has 1 saturated heterocycles. The minimum absolute atomic E-state index is 0.260. The first-order valence-electron chi connectivity index (χ1n) is 7.11. The molecule has 0 saturated carbocycles. The molecule has 1 fully saturated rings. The summed E-state index contributed by atoms with van der Waals surface area (Å²) in [6, 6.07) is 4.55. The van der Waals surface area contributed by atoms with E-state index in [2.05, 4.69) is 34.8 Å². The molecule has 2 atom stereocenters. The van der Waals surface area contributed by atoms with E-state index in [9.17, 15) is 5.11 Å². The third-order valence-electron chi connectivity index (χ3n) is 3.78. The van der Waals surface area contributed by atoms with Crippen molar-refractivity contribution < 1.29 is 5.11 Å². The monoisotopic (exact) mass is 263 g/mol. The molecule has 1 N–H and O–H groups in total. The second kappa shape index (κ2) is 6.98. The Kier molecular flexibility index (Phi) is 5.31. The van der Waals surface area contributed by atoms with Gasteiger partial charge in [-0.15, -0.1) is 0 Å². The van der Waals surface area contributed by atoms with Gasteiger partial charge < -0.3 is 10.0 Å². The van der Waals surface area contributed by atoms with Gasteiger partial charge >= 0.3 is 0 Å². The Balaban J connectivity index is 2.08. The molecule has 4 heteroatoms. The molecule has 106 valence electrons. The normalized spacial score (nSPS) is 26.3. The van der Waals surface area contributed by atoms with Gasteiger partial charge in [-0.25, -0.2) is 0 Å². The highest BCUT2D eigenvalue weighted by Crippen LogP contribution is 2.18. The fourth-order valence-corrected chi connectivity index (χ4v) is 3.03. The molecule has 1 aliphatic heterocycles. The molecule has 0 spiro atoms. The number of likely N-dealkylation sites (N-methyl/N-ethyl adjacent to an activating group) is 1. The highest BCUT2D eigenvalue weighted by Gasteiger charge is 2.26. The molecular weight excluding hydrogens is 238 g/mol.